The Balaban J connectivity index is 5.89. The normalized spacial score (nSPS) is 16.2. The van der Waals surface area contributed by atoms with Gasteiger partial charge in [0.1, 0.15) is 0 Å². The molecule has 0 heterocycles. The van der Waals surface area contributed by atoms with Gasteiger partial charge in [-0.05, 0) is 0 Å². The molecule has 0 aliphatic carbocycles. The van der Waals surface area contributed by atoms with E-state index in [9.17, 15) is 0 Å². The molecular weight excluding hydrogens is 336 g/mol. The van der Waals surface area contributed by atoms with Gasteiger partial charge in [0.2, 0.25) is 28.0 Å². The van der Waals surface area contributed by atoms with Crippen LogP contribution in [0.3, 0.4) is 0 Å². The van der Waals surface area contributed by atoms with Gasteiger partial charge >= 0.3 is 0 Å². The zero-order valence-corrected chi connectivity index (χ0v) is 16.8. The molecule has 11 nitrogen and oxygen atoms in total. The van der Waals surface area contributed by atoms with Crippen LogP contribution in [0, 0.1) is 0 Å². The van der Waals surface area contributed by atoms with Crippen molar-refractivity contribution in [2.24, 2.45) is 46.7 Å². The molecule has 16 N–H and O–H groups in total. The average Bonchev–Trinajstić information content (AvgIpc) is 2.39. The smallest absolute Gasteiger partial charge is 0.159 e. The minimum atomic E-state index is -0.687. The molecule has 0 fully saturated rings. The molecule has 0 saturated heterocycles. The van der Waals surface area contributed by atoms with Crippen LogP contribution in [0.5, 0.6) is 0 Å². The first-order valence-corrected chi connectivity index (χ1v) is 9.60. The molecular formula is C10H38N11P2+3. The molecule has 0 aromatic carbocycles. The molecule has 23 heavy (non-hydrogen) atoms. The molecule has 0 aliphatic heterocycles. The van der Waals surface area contributed by atoms with Gasteiger partial charge in [-0.25, -0.2) is 0 Å². The molecule has 0 rings (SSSR count). The first-order chi connectivity index (χ1) is 10.2. The molecule has 13 heteroatoms. The van der Waals surface area contributed by atoms with E-state index in [0.29, 0.717) is 25.7 Å². The Morgan fingerprint density at radius 1 is 0.609 bits per heavy atom. The number of quaternary nitrogens is 3. The number of hydrogen-bond acceptors (Lipinski definition) is 8. The van der Waals surface area contributed by atoms with Gasteiger partial charge in [0, 0.05) is 25.7 Å². The summed E-state index contributed by atoms with van der Waals surface area (Å²) in [7, 11) is -0.160. The third kappa shape index (κ3) is 5.20. The minimum Gasteiger partial charge on any atom is -0.159 e. The van der Waals surface area contributed by atoms with Crippen LogP contribution >= 0.6 is 17.5 Å². The van der Waals surface area contributed by atoms with Crippen LogP contribution in [0.4, 0.5) is 0 Å². The third-order valence-corrected chi connectivity index (χ3v) is 9.00. The summed E-state index contributed by atoms with van der Waals surface area (Å²) in [6.07, 6.45) is 2.55. The maximum Gasteiger partial charge on any atom is 0.223 e. The van der Waals surface area contributed by atoms with Crippen molar-refractivity contribution in [1.82, 2.24) is 0 Å². The second-order valence-corrected chi connectivity index (χ2v) is 9.97. The van der Waals surface area contributed by atoms with Gasteiger partial charge in [0.05, 0.1) is 0 Å². The molecule has 0 aliphatic rings. The third-order valence-electron chi connectivity index (χ3n) is 4.58. The quantitative estimate of drug-likeness (QED) is 0.0988. The number of rotatable bonds is 10. The van der Waals surface area contributed by atoms with Crippen molar-refractivity contribution >= 4 is 17.5 Å². The van der Waals surface area contributed by atoms with Crippen molar-refractivity contribution in [3.8, 4) is 0 Å². The summed E-state index contributed by atoms with van der Waals surface area (Å²) in [5.74, 6) is 48.5. The van der Waals surface area contributed by atoms with Gasteiger partial charge in [0.15, 0.2) is 0 Å². The highest BCUT2D eigenvalue weighted by molar-refractivity contribution is 7.36. The lowest BCUT2D eigenvalue weighted by Crippen LogP contribution is -2.79. The molecule has 0 spiro atoms. The minimum absolute atomic E-state index is 0.0568. The average molecular weight is 374 g/mol. The van der Waals surface area contributed by atoms with E-state index in [1.807, 2.05) is 27.7 Å². The molecule has 140 valence electrons. The maximum atomic E-state index is 6.54. The zero-order valence-electron chi connectivity index (χ0n) is 14.8. The summed E-state index contributed by atoms with van der Waals surface area (Å²) in [4.78, 5) is -0.687. The van der Waals surface area contributed by atoms with Crippen molar-refractivity contribution in [3.63, 3.8) is 0 Å². The van der Waals surface area contributed by atoms with Gasteiger partial charge in [-0.15, -0.1) is 39.5 Å². The molecule has 0 radical (unpaired) electrons. The Morgan fingerprint density at radius 3 is 1.17 bits per heavy atom. The van der Waals surface area contributed by atoms with Gasteiger partial charge in [-0.3, -0.25) is 0 Å². The van der Waals surface area contributed by atoms with Crippen LogP contribution in [-0.4, -0.2) is 24.4 Å². The van der Waals surface area contributed by atoms with Crippen molar-refractivity contribution in [1.29, 1.82) is 0 Å². The van der Waals surface area contributed by atoms with E-state index in [1.165, 1.54) is 0 Å². The van der Waals surface area contributed by atoms with Crippen molar-refractivity contribution in [2.45, 2.75) is 63.9 Å². The Kier molecular flexibility index (Phi) is 7.90. The Hall–Kier alpha value is 0.420. The Labute approximate surface area is 142 Å². The summed E-state index contributed by atoms with van der Waals surface area (Å²) in [6.45, 7) is 7.90. The number of nitrogens with two attached hydrogens (primary N) is 8. The molecule has 2 unspecified atom stereocenters. The lowest BCUT2D eigenvalue weighted by atomic mass is 10.1. The topological polar surface area (TPSA) is 208 Å². The highest BCUT2D eigenvalue weighted by Crippen LogP contribution is 2.54. The van der Waals surface area contributed by atoms with E-state index in [4.69, 9.17) is 46.7 Å². The fraction of sp³-hybridized carbons (Fsp3) is 1.00. The van der Waals surface area contributed by atoms with Gasteiger partial charge in [-0.1, -0.05) is 37.1 Å². The molecule has 0 aromatic heterocycles. The highest BCUT2D eigenvalue weighted by Gasteiger charge is 2.60. The summed E-state index contributed by atoms with van der Waals surface area (Å²) < 4.78 is -1.00. The Bertz CT molecular complexity index is 368. The standard InChI is InChI=1S/C10H38N11P2/c1-5-9(6-2,19(11,12)13)22-20(14,15)10(7-3,8-4)23-21(16,17)18/h22-23H,5-8,11-18H2,1-4H3/q+3. The Morgan fingerprint density at radius 2 is 0.957 bits per heavy atom. The van der Waals surface area contributed by atoms with Crippen LogP contribution in [-0.2, 0) is 0 Å². The van der Waals surface area contributed by atoms with Crippen molar-refractivity contribution < 1.29 is 13.9 Å². The second-order valence-electron chi connectivity index (χ2n) is 6.15. The van der Waals surface area contributed by atoms with Gasteiger partial charge in [-0.2, -0.15) is 11.7 Å². The van der Waals surface area contributed by atoms with E-state index in [-0.39, 0.29) is 21.9 Å². The monoisotopic (exact) mass is 374 g/mol. The molecule has 0 amide bonds. The van der Waals surface area contributed by atoms with E-state index in [1.54, 1.807) is 0 Å². The van der Waals surface area contributed by atoms with Crippen LogP contribution in [0.15, 0.2) is 0 Å². The first-order valence-electron chi connectivity index (χ1n) is 7.70. The second kappa shape index (κ2) is 7.76. The lowest BCUT2D eigenvalue weighted by molar-refractivity contribution is -1.00. The number of hydrogen-bond donors (Lipinski definition) is 8. The summed E-state index contributed by atoms with van der Waals surface area (Å²) >= 11 is 0. The SMILES string of the molecule is CCC(CC)(P[N+](N)(N)C(CC)(CC)P[N+](N)(N)N)[N+](N)(N)N. The van der Waals surface area contributed by atoms with E-state index < -0.39 is 20.0 Å². The van der Waals surface area contributed by atoms with Crippen molar-refractivity contribution in [2.75, 3.05) is 0 Å². The molecule has 0 bridgehead atoms. The van der Waals surface area contributed by atoms with Gasteiger partial charge < -0.3 is 0 Å². The first kappa shape index (κ1) is 23.4. The number of nitrogens with zero attached hydrogens (tertiary/aromatic N) is 3. The van der Waals surface area contributed by atoms with Crippen molar-refractivity contribution in [3.05, 3.63) is 0 Å². The largest absolute Gasteiger partial charge is 0.223 e. The van der Waals surface area contributed by atoms with E-state index in [0.717, 1.165) is 0 Å². The summed E-state index contributed by atoms with van der Waals surface area (Å²) in [6, 6.07) is 0. The molecule has 0 aromatic rings. The van der Waals surface area contributed by atoms with Crippen LogP contribution < -0.4 is 46.7 Å². The van der Waals surface area contributed by atoms with E-state index >= 15 is 0 Å². The van der Waals surface area contributed by atoms with Crippen LogP contribution in [0.1, 0.15) is 53.4 Å². The summed E-state index contributed by atoms with van der Waals surface area (Å²) in [5.41, 5.74) is 0. The maximum absolute atomic E-state index is 6.54. The van der Waals surface area contributed by atoms with Crippen LogP contribution in [0.2, 0.25) is 0 Å². The fourth-order valence-electron chi connectivity index (χ4n) is 2.87. The lowest BCUT2D eigenvalue weighted by Gasteiger charge is -2.49. The predicted molar refractivity (Wildman–Crippen MR) is 97.5 cm³/mol. The van der Waals surface area contributed by atoms with E-state index in [2.05, 4.69) is 0 Å². The van der Waals surface area contributed by atoms with Gasteiger partial charge in [0.25, 0.3) is 0 Å². The molecule has 0 saturated carbocycles. The summed E-state index contributed by atoms with van der Waals surface area (Å²) in [5, 5.41) is -1.28. The fourth-order valence-corrected chi connectivity index (χ4v) is 6.10. The molecule has 2 atom stereocenters. The highest BCUT2D eigenvalue weighted by atomic mass is 31.1. The zero-order chi connectivity index (χ0) is 18.7. The van der Waals surface area contributed by atoms with Crippen LogP contribution in [0.25, 0.3) is 0 Å². The predicted octanol–water partition coefficient (Wildman–Crippen LogP) is -1.35.